The van der Waals surface area contributed by atoms with Gasteiger partial charge in [0.25, 0.3) is 0 Å². The first kappa shape index (κ1) is 10.5. The number of hydrogen-bond acceptors (Lipinski definition) is 1. The van der Waals surface area contributed by atoms with Crippen LogP contribution in [0.3, 0.4) is 0 Å². The summed E-state index contributed by atoms with van der Waals surface area (Å²) < 4.78 is 0. The van der Waals surface area contributed by atoms with Crippen LogP contribution < -0.4 is 0 Å². The van der Waals surface area contributed by atoms with Gasteiger partial charge in [-0.25, -0.2) is 0 Å². The van der Waals surface area contributed by atoms with Crippen LogP contribution in [0.1, 0.15) is 18.1 Å². The van der Waals surface area contributed by atoms with Gasteiger partial charge in [0.2, 0.25) is 5.91 Å². The summed E-state index contributed by atoms with van der Waals surface area (Å²) in [4.78, 5) is 13.2. The van der Waals surface area contributed by atoms with Gasteiger partial charge in [0, 0.05) is 25.0 Å². The molecule has 0 saturated heterocycles. The third-order valence-electron chi connectivity index (χ3n) is 2.92. The molecule has 1 aliphatic heterocycles. The summed E-state index contributed by atoms with van der Waals surface area (Å²) in [5.74, 6) is 0.161. The van der Waals surface area contributed by atoms with Crippen LogP contribution in [-0.2, 0) is 17.6 Å². The highest BCUT2D eigenvalue weighted by molar-refractivity contribution is 6.30. The normalized spacial score (nSPS) is 15.7. The Bertz CT molecular complexity index is 389. The lowest BCUT2D eigenvalue weighted by atomic mass is 10.0. The lowest BCUT2D eigenvalue weighted by Crippen LogP contribution is -2.30. The maximum atomic E-state index is 11.3. The van der Waals surface area contributed by atoms with Crippen molar-refractivity contribution in [3.63, 3.8) is 0 Å². The van der Waals surface area contributed by atoms with Crippen molar-refractivity contribution in [2.75, 3.05) is 13.1 Å². The minimum Gasteiger partial charge on any atom is -0.342 e. The Morgan fingerprint density at radius 3 is 2.60 bits per heavy atom. The molecule has 80 valence electrons. The van der Waals surface area contributed by atoms with Gasteiger partial charge >= 0.3 is 0 Å². The van der Waals surface area contributed by atoms with E-state index < -0.39 is 0 Å². The van der Waals surface area contributed by atoms with E-state index in [0.717, 1.165) is 31.0 Å². The van der Waals surface area contributed by atoms with Gasteiger partial charge in [0.05, 0.1) is 0 Å². The fourth-order valence-corrected chi connectivity index (χ4v) is 2.20. The number of carbonyl (C=O) groups excluding carboxylic acids is 1. The number of amides is 1. The standard InChI is InChI=1S/C12H14ClNO/c1-9(15)14-6-4-10-2-3-12(13)8-11(10)5-7-14/h2-3,8H,4-7H2,1H3. The first-order valence-electron chi connectivity index (χ1n) is 5.19. The third-order valence-corrected chi connectivity index (χ3v) is 3.15. The summed E-state index contributed by atoms with van der Waals surface area (Å²) in [5, 5.41) is 0.782. The summed E-state index contributed by atoms with van der Waals surface area (Å²) >= 11 is 5.95. The van der Waals surface area contributed by atoms with Crippen LogP contribution in [-0.4, -0.2) is 23.9 Å². The van der Waals surface area contributed by atoms with Gasteiger partial charge in [0.1, 0.15) is 0 Å². The molecule has 0 aromatic heterocycles. The van der Waals surface area contributed by atoms with Crippen LogP contribution in [0.25, 0.3) is 0 Å². The molecule has 0 spiro atoms. The van der Waals surface area contributed by atoms with Crippen LogP contribution in [0.15, 0.2) is 18.2 Å². The van der Waals surface area contributed by atoms with Crippen molar-refractivity contribution in [2.45, 2.75) is 19.8 Å². The average molecular weight is 224 g/mol. The Kier molecular flexibility index (Phi) is 2.96. The second-order valence-corrected chi connectivity index (χ2v) is 4.36. The van der Waals surface area contributed by atoms with E-state index in [2.05, 4.69) is 6.07 Å². The highest BCUT2D eigenvalue weighted by Crippen LogP contribution is 2.20. The summed E-state index contributed by atoms with van der Waals surface area (Å²) in [6, 6.07) is 6.01. The summed E-state index contributed by atoms with van der Waals surface area (Å²) in [6.07, 6.45) is 1.85. The van der Waals surface area contributed by atoms with E-state index in [4.69, 9.17) is 11.6 Å². The third kappa shape index (κ3) is 2.32. The van der Waals surface area contributed by atoms with Crippen molar-refractivity contribution in [2.24, 2.45) is 0 Å². The number of nitrogens with zero attached hydrogens (tertiary/aromatic N) is 1. The van der Waals surface area contributed by atoms with E-state index in [0.29, 0.717) is 0 Å². The summed E-state index contributed by atoms with van der Waals surface area (Å²) in [6.45, 7) is 3.26. The second-order valence-electron chi connectivity index (χ2n) is 3.92. The molecule has 1 aliphatic rings. The van der Waals surface area contributed by atoms with Crippen LogP contribution >= 0.6 is 11.6 Å². The molecule has 0 aliphatic carbocycles. The number of fused-ring (bicyclic) bond motifs is 1. The average Bonchev–Trinajstić information content (AvgIpc) is 2.39. The molecular weight excluding hydrogens is 210 g/mol. The van der Waals surface area contributed by atoms with Gasteiger partial charge in [-0.15, -0.1) is 0 Å². The highest BCUT2D eigenvalue weighted by atomic mass is 35.5. The first-order chi connectivity index (χ1) is 7.16. The van der Waals surface area contributed by atoms with Crippen molar-refractivity contribution in [1.82, 2.24) is 4.90 Å². The van der Waals surface area contributed by atoms with E-state index in [-0.39, 0.29) is 5.91 Å². The highest BCUT2D eigenvalue weighted by Gasteiger charge is 2.15. The smallest absolute Gasteiger partial charge is 0.219 e. The van der Waals surface area contributed by atoms with Gasteiger partial charge in [-0.3, -0.25) is 4.79 Å². The monoisotopic (exact) mass is 223 g/mol. The quantitative estimate of drug-likeness (QED) is 0.661. The molecule has 2 nitrogen and oxygen atoms in total. The Morgan fingerprint density at radius 1 is 1.27 bits per heavy atom. The minimum absolute atomic E-state index is 0.161. The van der Waals surface area contributed by atoms with Gasteiger partial charge in [0.15, 0.2) is 0 Å². The van der Waals surface area contributed by atoms with E-state index in [9.17, 15) is 4.79 Å². The van der Waals surface area contributed by atoms with Crippen molar-refractivity contribution in [3.05, 3.63) is 34.3 Å². The molecule has 2 rings (SSSR count). The minimum atomic E-state index is 0.161. The Balaban J connectivity index is 2.21. The van der Waals surface area contributed by atoms with Crippen LogP contribution in [0.2, 0.25) is 5.02 Å². The van der Waals surface area contributed by atoms with E-state index in [1.54, 1.807) is 6.92 Å². The second kappa shape index (κ2) is 4.23. The largest absolute Gasteiger partial charge is 0.342 e. The molecule has 0 atom stereocenters. The van der Waals surface area contributed by atoms with Crippen molar-refractivity contribution < 1.29 is 4.79 Å². The van der Waals surface area contributed by atoms with Crippen LogP contribution in [0.5, 0.6) is 0 Å². The topological polar surface area (TPSA) is 20.3 Å². The van der Waals surface area contributed by atoms with Gasteiger partial charge < -0.3 is 4.90 Å². The molecule has 0 radical (unpaired) electrons. The number of halogens is 1. The van der Waals surface area contributed by atoms with Crippen molar-refractivity contribution in [3.8, 4) is 0 Å². The Hall–Kier alpha value is -1.02. The number of benzene rings is 1. The molecule has 1 amide bonds. The zero-order valence-electron chi connectivity index (χ0n) is 8.79. The molecule has 0 bridgehead atoms. The molecule has 0 N–H and O–H groups in total. The molecule has 0 saturated carbocycles. The zero-order chi connectivity index (χ0) is 10.8. The fraction of sp³-hybridized carbons (Fsp3) is 0.417. The van der Waals surface area contributed by atoms with Gasteiger partial charge in [-0.2, -0.15) is 0 Å². The molecular formula is C12H14ClNO. The SMILES string of the molecule is CC(=O)N1CCc2ccc(Cl)cc2CC1. The Labute approximate surface area is 94.8 Å². The lowest BCUT2D eigenvalue weighted by molar-refractivity contribution is -0.128. The van der Waals surface area contributed by atoms with E-state index in [1.165, 1.54) is 11.1 Å². The molecule has 1 heterocycles. The molecule has 0 fully saturated rings. The maximum Gasteiger partial charge on any atom is 0.219 e. The Morgan fingerprint density at radius 2 is 1.93 bits per heavy atom. The molecule has 3 heteroatoms. The van der Waals surface area contributed by atoms with Crippen molar-refractivity contribution in [1.29, 1.82) is 0 Å². The number of hydrogen-bond donors (Lipinski definition) is 0. The van der Waals surface area contributed by atoms with E-state index in [1.807, 2.05) is 17.0 Å². The predicted molar refractivity (Wildman–Crippen MR) is 61.1 cm³/mol. The van der Waals surface area contributed by atoms with Gasteiger partial charge in [-0.1, -0.05) is 17.7 Å². The van der Waals surface area contributed by atoms with Crippen LogP contribution in [0, 0.1) is 0 Å². The first-order valence-corrected chi connectivity index (χ1v) is 5.57. The summed E-state index contributed by atoms with van der Waals surface area (Å²) in [5.41, 5.74) is 2.61. The van der Waals surface area contributed by atoms with Crippen LogP contribution in [0.4, 0.5) is 0 Å². The molecule has 1 aromatic rings. The molecule has 1 aromatic carbocycles. The molecule has 15 heavy (non-hydrogen) atoms. The summed E-state index contributed by atoms with van der Waals surface area (Å²) in [7, 11) is 0. The molecule has 0 unspecified atom stereocenters. The van der Waals surface area contributed by atoms with Crippen molar-refractivity contribution >= 4 is 17.5 Å². The zero-order valence-corrected chi connectivity index (χ0v) is 9.55. The van der Waals surface area contributed by atoms with Gasteiger partial charge in [-0.05, 0) is 36.1 Å². The van der Waals surface area contributed by atoms with E-state index >= 15 is 0 Å². The lowest BCUT2D eigenvalue weighted by Gasteiger charge is -2.17. The maximum absolute atomic E-state index is 11.3. The fourth-order valence-electron chi connectivity index (χ4n) is 2.01. The number of carbonyl (C=O) groups is 1. The predicted octanol–water partition coefficient (Wildman–Crippen LogP) is 2.29. The number of rotatable bonds is 0.